The Kier molecular flexibility index (Phi) is 4.18. The lowest BCUT2D eigenvalue weighted by atomic mass is 10.2. The van der Waals surface area contributed by atoms with Gasteiger partial charge in [0.25, 0.3) is 0 Å². The van der Waals surface area contributed by atoms with Gasteiger partial charge in [-0.1, -0.05) is 0 Å². The van der Waals surface area contributed by atoms with E-state index in [1.807, 2.05) is 6.92 Å². The van der Waals surface area contributed by atoms with E-state index in [1.165, 1.54) is 0 Å². The summed E-state index contributed by atoms with van der Waals surface area (Å²) in [7, 11) is 0. The molecule has 0 amide bonds. The molecule has 1 aromatic heterocycles. The molecule has 3 heterocycles. The van der Waals surface area contributed by atoms with E-state index in [2.05, 4.69) is 25.2 Å². The molecule has 0 aromatic carbocycles. The molecule has 1 aromatic rings. The third-order valence-electron chi connectivity index (χ3n) is 3.58. The highest BCUT2D eigenvalue weighted by atomic mass is 35.5. The van der Waals surface area contributed by atoms with Crippen LogP contribution in [0.25, 0.3) is 0 Å². The summed E-state index contributed by atoms with van der Waals surface area (Å²) in [5.74, 6) is 1.11. The summed E-state index contributed by atoms with van der Waals surface area (Å²) >= 11 is 6.00. The van der Waals surface area contributed by atoms with Crippen molar-refractivity contribution in [1.29, 1.82) is 0 Å². The van der Waals surface area contributed by atoms with Crippen molar-refractivity contribution in [2.45, 2.75) is 25.5 Å². The van der Waals surface area contributed by atoms with Crippen molar-refractivity contribution in [3.63, 3.8) is 0 Å². The molecule has 110 valence electrons. The third-order valence-corrected chi connectivity index (χ3v) is 3.75. The summed E-state index contributed by atoms with van der Waals surface area (Å²) in [6, 6.07) is 0.214. The van der Waals surface area contributed by atoms with Crippen LogP contribution < -0.4 is 10.2 Å². The van der Waals surface area contributed by atoms with E-state index in [4.69, 9.17) is 21.1 Å². The molecule has 7 nitrogen and oxygen atoms in total. The van der Waals surface area contributed by atoms with E-state index in [0.29, 0.717) is 25.1 Å². The number of halogens is 1. The second-order valence-corrected chi connectivity index (χ2v) is 5.28. The normalized spacial score (nSPS) is 26.8. The predicted octanol–water partition coefficient (Wildman–Crippen LogP) is 0.951. The van der Waals surface area contributed by atoms with Crippen molar-refractivity contribution in [3.05, 3.63) is 5.28 Å². The Hall–Kier alpha value is -1.18. The van der Waals surface area contributed by atoms with E-state index in [9.17, 15) is 0 Å². The first-order valence-electron chi connectivity index (χ1n) is 6.85. The zero-order valence-electron chi connectivity index (χ0n) is 11.4. The standard InChI is InChI=1S/C12H18ClN5O2/c1-8-9(2-5-20-8)14-11-15-10(13)16-12(17-11)18-3-6-19-7-4-18/h8-9H,2-7H2,1H3,(H,14,15,16,17). The minimum absolute atomic E-state index is 0.150. The van der Waals surface area contributed by atoms with E-state index in [1.54, 1.807) is 0 Å². The SMILES string of the molecule is CC1OCCC1Nc1nc(Cl)nc(N2CCOCC2)n1. The number of hydrogen-bond donors (Lipinski definition) is 1. The average Bonchev–Trinajstić information content (AvgIpc) is 2.85. The highest BCUT2D eigenvalue weighted by Crippen LogP contribution is 2.19. The van der Waals surface area contributed by atoms with Crippen molar-refractivity contribution in [1.82, 2.24) is 15.0 Å². The minimum Gasteiger partial charge on any atom is -0.378 e. The van der Waals surface area contributed by atoms with Gasteiger partial charge in [0, 0.05) is 19.7 Å². The average molecular weight is 300 g/mol. The molecule has 2 unspecified atom stereocenters. The molecular formula is C12H18ClN5O2. The van der Waals surface area contributed by atoms with Crippen LogP contribution in [-0.2, 0) is 9.47 Å². The molecule has 0 spiro atoms. The summed E-state index contributed by atoms with van der Waals surface area (Å²) in [6.45, 7) is 5.69. The molecule has 2 aliphatic rings. The monoisotopic (exact) mass is 299 g/mol. The van der Waals surface area contributed by atoms with Gasteiger partial charge < -0.3 is 19.7 Å². The molecule has 2 fully saturated rings. The second-order valence-electron chi connectivity index (χ2n) is 4.94. The second kappa shape index (κ2) is 6.07. The maximum atomic E-state index is 6.00. The topological polar surface area (TPSA) is 72.4 Å². The lowest BCUT2D eigenvalue weighted by Gasteiger charge is -2.27. The predicted molar refractivity (Wildman–Crippen MR) is 75.3 cm³/mol. The lowest BCUT2D eigenvalue weighted by Crippen LogP contribution is -2.37. The first kappa shape index (κ1) is 13.8. The van der Waals surface area contributed by atoms with Crippen molar-refractivity contribution >= 4 is 23.5 Å². The minimum atomic E-state index is 0.150. The van der Waals surface area contributed by atoms with Gasteiger partial charge in [-0.25, -0.2) is 0 Å². The Bertz CT molecular complexity index is 469. The van der Waals surface area contributed by atoms with Crippen LogP contribution in [0.5, 0.6) is 0 Å². The molecule has 0 radical (unpaired) electrons. The van der Waals surface area contributed by atoms with Crippen molar-refractivity contribution < 1.29 is 9.47 Å². The fraction of sp³-hybridized carbons (Fsp3) is 0.750. The molecule has 2 aliphatic heterocycles. The van der Waals surface area contributed by atoms with Gasteiger partial charge in [0.05, 0.1) is 25.4 Å². The zero-order chi connectivity index (χ0) is 13.9. The van der Waals surface area contributed by atoms with Gasteiger partial charge in [-0.3, -0.25) is 0 Å². The first-order valence-corrected chi connectivity index (χ1v) is 7.22. The molecule has 0 saturated carbocycles. The number of nitrogens with zero attached hydrogens (tertiary/aromatic N) is 4. The van der Waals surface area contributed by atoms with Crippen LogP contribution in [0.3, 0.4) is 0 Å². The Balaban J connectivity index is 1.75. The van der Waals surface area contributed by atoms with E-state index < -0.39 is 0 Å². The summed E-state index contributed by atoms with van der Waals surface area (Å²) in [4.78, 5) is 14.8. The quantitative estimate of drug-likeness (QED) is 0.891. The van der Waals surface area contributed by atoms with Gasteiger partial charge in [-0.05, 0) is 24.9 Å². The number of anilines is 2. The van der Waals surface area contributed by atoms with Gasteiger partial charge in [-0.2, -0.15) is 15.0 Å². The molecule has 8 heteroatoms. The molecule has 0 aliphatic carbocycles. The number of hydrogen-bond acceptors (Lipinski definition) is 7. The smallest absolute Gasteiger partial charge is 0.231 e. The fourth-order valence-corrected chi connectivity index (χ4v) is 2.55. The van der Waals surface area contributed by atoms with Gasteiger partial charge in [0.1, 0.15) is 0 Å². The molecular weight excluding hydrogens is 282 g/mol. The van der Waals surface area contributed by atoms with Crippen LogP contribution in [-0.4, -0.2) is 60.0 Å². The largest absolute Gasteiger partial charge is 0.378 e. The number of morpholine rings is 1. The van der Waals surface area contributed by atoms with E-state index >= 15 is 0 Å². The van der Waals surface area contributed by atoms with Crippen molar-refractivity contribution in [3.8, 4) is 0 Å². The fourth-order valence-electron chi connectivity index (χ4n) is 2.40. The molecule has 2 atom stereocenters. The Morgan fingerprint density at radius 1 is 1.20 bits per heavy atom. The number of nitrogens with one attached hydrogen (secondary N) is 1. The zero-order valence-corrected chi connectivity index (χ0v) is 12.1. The highest BCUT2D eigenvalue weighted by Gasteiger charge is 2.25. The summed E-state index contributed by atoms with van der Waals surface area (Å²) in [5.41, 5.74) is 0. The van der Waals surface area contributed by atoms with Crippen LogP contribution in [0, 0.1) is 0 Å². The van der Waals surface area contributed by atoms with Crippen LogP contribution in [0.15, 0.2) is 0 Å². The highest BCUT2D eigenvalue weighted by molar-refractivity contribution is 6.28. The van der Waals surface area contributed by atoms with Gasteiger partial charge >= 0.3 is 0 Å². The Morgan fingerprint density at radius 2 is 2.00 bits per heavy atom. The Labute approximate surface area is 122 Å². The summed E-state index contributed by atoms with van der Waals surface area (Å²) in [6.07, 6.45) is 1.09. The van der Waals surface area contributed by atoms with Crippen LogP contribution in [0.1, 0.15) is 13.3 Å². The van der Waals surface area contributed by atoms with Gasteiger partial charge in [0.2, 0.25) is 17.2 Å². The van der Waals surface area contributed by atoms with Crippen LogP contribution >= 0.6 is 11.6 Å². The third kappa shape index (κ3) is 3.11. The summed E-state index contributed by atoms with van der Waals surface area (Å²) in [5, 5.41) is 3.49. The maximum absolute atomic E-state index is 6.00. The van der Waals surface area contributed by atoms with Crippen LogP contribution in [0.2, 0.25) is 5.28 Å². The molecule has 0 bridgehead atoms. The van der Waals surface area contributed by atoms with Crippen molar-refractivity contribution in [2.24, 2.45) is 0 Å². The number of rotatable bonds is 3. The number of aromatic nitrogens is 3. The first-order chi connectivity index (χ1) is 9.72. The van der Waals surface area contributed by atoms with Crippen LogP contribution in [0.4, 0.5) is 11.9 Å². The number of ether oxygens (including phenoxy) is 2. The maximum Gasteiger partial charge on any atom is 0.231 e. The lowest BCUT2D eigenvalue weighted by molar-refractivity contribution is 0.121. The van der Waals surface area contributed by atoms with Gasteiger partial charge in [0.15, 0.2) is 0 Å². The summed E-state index contributed by atoms with van der Waals surface area (Å²) < 4.78 is 10.8. The van der Waals surface area contributed by atoms with Crippen molar-refractivity contribution in [2.75, 3.05) is 43.1 Å². The molecule has 2 saturated heterocycles. The molecule has 1 N–H and O–H groups in total. The van der Waals surface area contributed by atoms with E-state index in [-0.39, 0.29) is 17.4 Å². The van der Waals surface area contributed by atoms with Gasteiger partial charge in [-0.15, -0.1) is 0 Å². The molecule has 20 heavy (non-hydrogen) atoms. The molecule has 3 rings (SSSR count). The van der Waals surface area contributed by atoms with E-state index in [0.717, 1.165) is 26.1 Å². The Morgan fingerprint density at radius 3 is 2.70 bits per heavy atom.